The highest BCUT2D eigenvalue weighted by Crippen LogP contribution is 2.41. The van der Waals surface area contributed by atoms with Crippen molar-refractivity contribution >= 4 is 0 Å². The smallest absolute Gasteiger partial charge is 0.129 e. The summed E-state index contributed by atoms with van der Waals surface area (Å²) in [4.78, 5) is 0. The van der Waals surface area contributed by atoms with Crippen LogP contribution in [0.4, 0.5) is 0 Å². The molecule has 1 heterocycles. The van der Waals surface area contributed by atoms with Crippen molar-refractivity contribution in [1.82, 2.24) is 0 Å². The Bertz CT molecular complexity index is 416. The van der Waals surface area contributed by atoms with Crippen molar-refractivity contribution in [2.45, 2.75) is 52.1 Å². The van der Waals surface area contributed by atoms with Crippen molar-refractivity contribution in [3.8, 4) is 5.75 Å². The molecule has 1 N–H and O–H groups in total. The van der Waals surface area contributed by atoms with E-state index in [1.807, 2.05) is 6.92 Å². The summed E-state index contributed by atoms with van der Waals surface area (Å²) in [6.45, 7) is 9.29. The summed E-state index contributed by atoms with van der Waals surface area (Å²) >= 11 is 0. The van der Waals surface area contributed by atoms with E-state index in [9.17, 15) is 5.11 Å². The average molecular weight is 234 g/mol. The highest BCUT2D eigenvalue weighted by molar-refractivity contribution is 5.50. The van der Waals surface area contributed by atoms with E-state index >= 15 is 0 Å². The summed E-state index contributed by atoms with van der Waals surface area (Å²) in [5.74, 6) is 0.919. The van der Waals surface area contributed by atoms with Crippen LogP contribution in [0.5, 0.6) is 5.75 Å². The van der Waals surface area contributed by atoms with Crippen molar-refractivity contribution in [2.75, 3.05) is 6.61 Å². The Morgan fingerprint density at radius 3 is 2.65 bits per heavy atom. The van der Waals surface area contributed by atoms with Crippen LogP contribution in [0.1, 0.15) is 56.4 Å². The monoisotopic (exact) mass is 234 g/mol. The SMILES string of the molecule is Cc1ccc(C(C)(C)C)c2c1[C@@H](O)CCCO2. The minimum absolute atomic E-state index is 0.0435. The summed E-state index contributed by atoms with van der Waals surface area (Å²) in [6.07, 6.45) is 1.33. The van der Waals surface area contributed by atoms with Crippen molar-refractivity contribution in [2.24, 2.45) is 0 Å². The predicted molar refractivity (Wildman–Crippen MR) is 69.6 cm³/mol. The Kier molecular flexibility index (Phi) is 3.17. The van der Waals surface area contributed by atoms with Gasteiger partial charge in [-0.3, -0.25) is 0 Å². The van der Waals surface area contributed by atoms with Crippen molar-refractivity contribution in [3.63, 3.8) is 0 Å². The molecular weight excluding hydrogens is 212 g/mol. The van der Waals surface area contributed by atoms with Gasteiger partial charge in [-0.25, -0.2) is 0 Å². The number of hydrogen-bond acceptors (Lipinski definition) is 2. The molecule has 2 nitrogen and oxygen atoms in total. The molecule has 1 atom stereocenters. The first-order valence-electron chi connectivity index (χ1n) is 6.36. The number of ether oxygens (including phenoxy) is 1. The van der Waals surface area contributed by atoms with Gasteiger partial charge in [0.2, 0.25) is 0 Å². The molecule has 0 amide bonds. The van der Waals surface area contributed by atoms with Crippen LogP contribution in [0.25, 0.3) is 0 Å². The molecule has 0 fully saturated rings. The zero-order valence-electron chi connectivity index (χ0n) is 11.2. The molecule has 0 saturated carbocycles. The second kappa shape index (κ2) is 4.34. The number of hydrogen-bond donors (Lipinski definition) is 1. The standard InChI is InChI=1S/C15H22O2/c1-10-7-8-11(15(2,3)4)14-13(10)12(16)6-5-9-17-14/h7-8,12,16H,5-6,9H2,1-4H3/t12-/m0/s1. The Balaban J connectivity index is 2.62. The molecule has 1 aliphatic rings. The average Bonchev–Trinajstić information content (AvgIpc) is 2.40. The number of rotatable bonds is 0. The van der Waals surface area contributed by atoms with Gasteiger partial charge in [-0.05, 0) is 36.3 Å². The summed E-state index contributed by atoms with van der Waals surface area (Å²) in [7, 11) is 0. The molecule has 1 aromatic carbocycles. The largest absolute Gasteiger partial charge is 0.493 e. The number of aliphatic hydroxyl groups is 1. The van der Waals surface area contributed by atoms with Crippen LogP contribution in [0.2, 0.25) is 0 Å². The molecule has 0 bridgehead atoms. The van der Waals surface area contributed by atoms with Crippen LogP contribution in [-0.2, 0) is 5.41 Å². The Hall–Kier alpha value is -1.02. The maximum absolute atomic E-state index is 10.2. The van der Waals surface area contributed by atoms with Crippen LogP contribution < -0.4 is 4.74 Å². The van der Waals surface area contributed by atoms with Gasteiger partial charge in [0.1, 0.15) is 5.75 Å². The number of benzene rings is 1. The molecule has 94 valence electrons. The fraction of sp³-hybridized carbons (Fsp3) is 0.600. The lowest BCUT2D eigenvalue weighted by molar-refractivity contribution is 0.167. The summed E-state index contributed by atoms with van der Waals surface area (Å²) in [5.41, 5.74) is 3.36. The molecule has 0 saturated heterocycles. The summed E-state index contributed by atoms with van der Waals surface area (Å²) in [6, 6.07) is 4.23. The number of aryl methyl sites for hydroxylation is 1. The molecule has 1 aliphatic heterocycles. The topological polar surface area (TPSA) is 29.5 Å². The lowest BCUT2D eigenvalue weighted by atomic mass is 9.83. The van der Waals surface area contributed by atoms with Gasteiger partial charge in [0.25, 0.3) is 0 Å². The van der Waals surface area contributed by atoms with Crippen LogP contribution in [0.15, 0.2) is 12.1 Å². The molecular formula is C15H22O2. The quantitative estimate of drug-likeness (QED) is 0.744. The van der Waals surface area contributed by atoms with Gasteiger partial charge in [0, 0.05) is 5.56 Å². The van der Waals surface area contributed by atoms with E-state index in [2.05, 4.69) is 32.9 Å². The van der Waals surface area contributed by atoms with Crippen molar-refractivity contribution in [1.29, 1.82) is 0 Å². The van der Waals surface area contributed by atoms with Gasteiger partial charge in [-0.1, -0.05) is 32.9 Å². The first-order chi connectivity index (χ1) is 7.91. The third-order valence-corrected chi connectivity index (χ3v) is 3.42. The van der Waals surface area contributed by atoms with Gasteiger partial charge >= 0.3 is 0 Å². The number of aliphatic hydroxyl groups excluding tert-OH is 1. The second-order valence-electron chi connectivity index (χ2n) is 5.93. The maximum atomic E-state index is 10.2. The normalized spacial score (nSPS) is 20.4. The fourth-order valence-electron chi connectivity index (χ4n) is 2.45. The lowest BCUT2D eigenvalue weighted by Crippen LogP contribution is -2.15. The molecule has 17 heavy (non-hydrogen) atoms. The van der Waals surface area contributed by atoms with Gasteiger partial charge in [0.15, 0.2) is 0 Å². The molecule has 1 aromatic rings. The number of fused-ring (bicyclic) bond motifs is 1. The van der Waals surface area contributed by atoms with E-state index in [4.69, 9.17) is 4.74 Å². The predicted octanol–water partition coefficient (Wildman–Crippen LogP) is 3.50. The minimum Gasteiger partial charge on any atom is -0.493 e. The van der Waals surface area contributed by atoms with Crippen molar-refractivity contribution in [3.05, 3.63) is 28.8 Å². The van der Waals surface area contributed by atoms with E-state index in [1.54, 1.807) is 0 Å². The minimum atomic E-state index is -0.380. The summed E-state index contributed by atoms with van der Waals surface area (Å²) in [5, 5.41) is 10.2. The third-order valence-electron chi connectivity index (χ3n) is 3.42. The van der Waals surface area contributed by atoms with Gasteiger partial charge in [-0.15, -0.1) is 0 Å². The second-order valence-corrected chi connectivity index (χ2v) is 5.93. The van der Waals surface area contributed by atoms with E-state index in [0.717, 1.165) is 29.7 Å². The van der Waals surface area contributed by atoms with Crippen LogP contribution in [0, 0.1) is 6.92 Å². The molecule has 0 spiro atoms. The Labute approximate surface area is 104 Å². The maximum Gasteiger partial charge on any atom is 0.129 e. The fourth-order valence-corrected chi connectivity index (χ4v) is 2.45. The highest BCUT2D eigenvalue weighted by Gasteiger charge is 2.27. The lowest BCUT2D eigenvalue weighted by Gasteiger charge is -2.25. The van der Waals surface area contributed by atoms with E-state index in [-0.39, 0.29) is 11.5 Å². The first kappa shape index (κ1) is 12.4. The van der Waals surface area contributed by atoms with E-state index in [1.165, 1.54) is 5.56 Å². The first-order valence-corrected chi connectivity index (χ1v) is 6.36. The van der Waals surface area contributed by atoms with Crippen molar-refractivity contribution < 1.29 is 9.84 Å². The molecule has 2 heteroatoms. The van der Waals surface area contributed by atoms with E-state index in [0.29, 0.717) is 6.61 Å². The van der Waals surface area contributed by atoms with Gasteiger partial charge in [0.05, 0.1) is 12.7 Å². The van der Waals surface area contributed by atoms with Gasteiger partial charge in [-0.2, -0.15) is 0 Å². The Morgan fingerprint density at radius 2 is 2.00 bits per heavy atom. The highest BCUT2D eigenvalue weighted by atomic mass is 16.5. The van der Waals surface area contributed by atoms with Crippen LogP contribution >= 0.6 is 0 Å². The van der Waals surface area contributed by atoms with Crippen LogP contribution in [-0.4, -0.2) is 11.7 Å². The molecule has 0 unspecified atom stereocenters. The van der Waals surface area contributed by atoms with Crippen LogP contribution in [0.3, 0.4) is 0 Å². The zero-order chi connectivity index (χ0) is 12.6. The molecule has 0 aliphatic carbocycles. The van der Waals surface area contributed by atoms with E-state index < -0.39 is 0 Å². The molecule has 0 radical (unpaired) electrons. The van der Waals surface area contributed by atoms with Gasteiger partial charge < -0.3 is 9.84 Å². The molecule has 2 rings (SSSR count). The summed E-state index contributed by atoms with van der Waals surface area (Å²) < 4.78 is 5.90. The Morgan fingerprint density at radius 1 is 1.29 bits per heavy atom. The molecule has 0 aromatic heterocycles. The zero-order valence-corrected chi connectivity index (χ0v) is 11.2. The third kappa shape index (κ3) is 2.32.